The standard InChI is InChI=1S/C22H25NO2S/c1-3-4-5-9-12-20(23-22(25)18-10-7-6-8-11-18)21(24)17-13-15-19(26-2)16-14-17/h6-8,10-11,13-16H,3-5,9,12H2,1-2H3. The summed E-state index contributed by atoms with van der Waals surface area (Å²) in [5, 5.41) is 0. The SMILES string of the molecule is CCCCCCC(=NC(=O)c1ccccc1)C(=O)c1ccc(SC)cc1. The summed E-state index contributed by atoms with van der Waals surface area (Å²) in [5.41, 5.74) is 1.44. The molecule has 4 heteroatoms. The molecular formula is C22H25NO2S. The number of carbonyl (C=O) groups is 2. The summed E-state index contributed by atoms with van der Waals surface area (Å²) in [7, 11) is 0. The van der Waals surface area contributed by atoms with Crippen LogP contribution in [0.4, 0.5) is 0 Å². The number of ketones is 1. The van der Waals surface area contributed by atoms with E-state index in [0.717, 1.165) is 30.6 Å². The van der Waals surface area contributed by atoms with Crippen molar-refractivity contribution in [1.29, 1.82) is 0 Å². The number of amides is 1. The van der Waals surface area contributed by atoms with Crippen molar-refractivity contribution in [2.75, 3.05) is 6.26 Å². The van der Waals surface area contributed by atoms with E-state index < -0.39 is 0 Å². The van der Waals surface area contributed by atoms with Crippen molar-refractivity contribution in [2.24, 2.45) is 4.99 Å². The van der Waals surface area contributed by atoms with E-state index in [1.807, 2.05) is 36.6 Å². The highest BCUT2D eigenvalue weighted by Crippen LogP contribution is 2.17. The molecule has 2 aromatic carbocycles. The molecule has 3 nitrogen and oxygen atoms in total. The molecule has 0 atom stereocenters. The molecule has 2 rings (SSSR count). The number of hydrogen-bond donors (Lipinski definition) is 0. The maximum atomic E-state index is 12.9. The molecule has 0 spiro atoms. The van der Waals surface area contributed by atoms with Gasteiger partial charge < -0.3 is 0 Å². The van der Waals surface area contributed by atoms with E-state index in [0.29, 0.717) is 23.3 Å². The van der Waals surface area contributed by atoms with Crippen molar-refractivity contribution in [3.05, 3.63) is 65.7 Å². The zero-order chi connectivity index (χ0) is 18.8. The van der Waals surface area contributed by atoms with Gasteiger partial charge in [-0.2, -0.15) is 0 Å². The summed E-state index contributed by atoms with van der Waals surface area (Å²) < 4.78 is 0. The lowest BCUT2D eigenvalue weighted by atomic mass is 10.0. The van der Waals surface area contributed by atoms with Crippen LogP contribution in [0.3, 0.4) is 0 Å². The van der Waals surface area contributed by atoms with Gasteiger partial charge in [-0.25, -0.2) is 4.99 Å². The Balaban J connectivity index is 2.22. The lowest BCUT2D eigenvalue weighted by Crippen LogP contribution is -2.17. The molecule has 1 amide bonds. The number of nitrogens with zero attached hydrogens (tertiary/aromatic N) is 1. The van der Waals surface area contributed by atoms with Crippen molar-refractivity contribution in [1.82, 2.24) is 0 Å². The fourth-order valence-corrected chi connectivity index (χ4v) is 3.02. The minimum atomic E-state index is -0.356. The third kappa shape index (κ3) is 5.95. The van der Waals surface area contributed by atoms with Crippen LogP contribution in [0.1, 0.15) is 59.7 Å². The fraction of sp³-hybridized carbons (Fsp3) is 0.318. The maximum absolute atomic E-state index is 12.9. The minimum absolute atomic E-state index is 0.154. The molecule has 0 radical (unpaired) electrons. The Morgan fingerprint density at radius 3 is 2.19 bits per heavy atom. The third-order valence-corrected chi connectivity index (χ3v) is 4.88. The molecule has 0 aromatic heterocycles. The summed E-state index contributed by atoms with van der Waals surface area (Å²) in [6.07, 6.45) is 6.67. The molecule has 0 aliphatic rings. The number of unbranched alkanes of at least 4 members (excludes halogenated alkanes) is 3. The predicted octanol–water partition coefficient (Wildman–Crippen LogP) is 5.84. The van der Waals surface area contributed by atoms with Gasteiger partial charge in [0.05, 0.1) is 5.71 Å². The van der Waals surface area contributed by atoms with Crippen LogP contribution in [0, 0.1) is 0 Å². The molecular weight excluding hydrogens is 342 g/mol. The topological polar surface area (TPSA) is 46.5 Å². The second kappa shape index (κ2) is 10.7. The van der Waals surface area contributed by atoms with Crippen molar-refractivity contribution < 1.29 is 9.59 Å². The Hall–Kier alpha value is -2.20. The van der Waals surface area contributed by atoms with Gasteiger partial charge in [0.15, 0.2) is 0 Å². The smallest absolute Gasteiger partial charge is 0.277 e. The number of rotatable bonds is 9. The third-order valence-electron chi connectivity index (χ3n) is 4.14. The van der Waals surface area contributed by atoms with E-state index in [1.54, 1.807) is 36.0 Å². The van der Waals surface area contributed by atoms with Gasteiger partial charge in [-0.15, -0.1) is 11.8 Å². The van der Waals surface area contributed by atoms with Crippen LogP contribution in [0.25, 0.3) is 0 Å². The van der Waals surface area contributed by atoms with Crippen LogP contribution < -0.4 is 0 Å². The van der Waals surface area contributed by atoms with Gasteiger partial charge in [0.25, 0.3) is 5.91 Å². The Kier molecular flexibility index (Phi) is 8.29. The van der Waals surface area contributed by atoms with E-state index in [9.17, 15) is 9.59 Å². The molecule has 0 fully saturated rings. The molecule has 0 aliphatic carbocycles. The second-order valence-electron chi connectivity index (χ2n) is 6.10. The van der Waals surface area contributed by atoms with Gasteiger partial charge in [0.1, 0.15) is 0 Å². The highest BCUT2D eigenvalue weighted by Gasteiger charge is 2.16. The molecule has 2 aromatic rings. The number of aliphatic imine (C=N–C) groups is 1. The molecule has 26 heavy (non-hydrogen) atoms. The Morgan fingerprint density at radius 2 is 1.58 bits per heavy atom. The second-order valence-corrected chi connectivity index (χ2v) is 6.98. The van der Waals surface area contributed by atoms with Crippen LogP contribution >= 0.6 is 11.8 Å². The Bertz CT molecular complexity index is 751. The highest BCUT2D eigenvalue weighted by atomic mass is 32.2. The van der Waals surface area contributed by atoms with Crippen molar-refractivity contribution in [2.45, 2.75) is 43.9 Å². The van der Waals surface area contributed by atoms with Crippen LogP contribution in [-0.2, 0) is 0 Å². The molecule has 0 aliphatic heterocycles. The van der Waals surface area contributed by atoms with Gasteiger partial charge >= 0.3 is 0 Å². The molecule has 0 unspecified atom stereocenters. The van der Waals surface area contributed by atoms with E-state index in [-0.39, 0.29) is 11.7 Å². The minimum Gasteiger partial charge on any atom is -0.287 e. The summed E-state index contributed by atoms with van der Waals surface area (Å²) in [6, 6.07) is 16.4. The summed E-state index contributed by atoms with van der Waals surface area (Å²) in [5.74, 6) is -0.511. The van der Waals surface area contributed by atoms with E-state index in [1.165, 1.54) is 0 Å². The molecule has 136 valence electrons. The monoisotopic (exact) mass is 367 g/mol. The number of thioether (sulfide) groups is 1. The van der Waals surface area contributed by atoms with Crippen molar-refractivity contribution in [3.63, 3.8) is 0 Å². The first-order chi connectivity index (χ1) is 12.7. The molecule has 0 heterocycles. The van der Waals surface area contributed by atoms with Gasteiger partial charge in [-0.05, 0) is 55.5 Å². The quantitative estimate of drug-likeness (QED) is 0.242. The normalized spacial score (nSPS) is 11.4. The van der Waals surface area contributed by atoms with E-state index in [2.05, 4.69) is 11.9 Å². The molecule has 0 bridgehead atoms. The van der Waals surface area contributed by atoms with E-state index >= 15 is 0 Å². The highest BCUT2D eigenvalue weighted by molar-refractivity contribution is 7.98. The van der Waals surface area contributed by atoms with Crippen molar-refractivity contribution in [3.8, 4) is 0 Å². The lowest BCUT2D eigenvalue weighted by Gasteiger charge is -2.07. The predicted molar refractivity (Wildman–Crippen MR) is 110 cm³/mol. The van der Waals surface area contributed by atoms with Gasteiger partial charge in [-0.3, -0.25) is 9.59 Å². The number of carbonyl (C=O) groups excluding carboxylic acids is 2. The zero-order valence-corrected chi connectivity index (χ0v) is 16.2. The Morgan fingerprint density at radius 1 is 0.885 bits per heavy atom. The Labute approximate surface area is 159 Å². The largest absolute Gasteiger partial charge is 0.287 e. The van der Waals surface area contributed by atoms with Gasteiger partial charge in [0, 0.05) is 16.0 Å². The molecule has 0 saturated carbocycles. The maximum Gasteiger partial charge on any atom is 0.277 e. The number of hydrogen-bond acceptors (Lipinski definition) is 3. The first-order valence-corrected chi connectivity index (χ1v) is 10.2. The van der Waals surface area contributed by atoms with Crippen LogP contribution in [0.2, 0.25) is 0 Å². The first kappa shape index (κ1) is 20.1. The lowest BCUT2D eigenvalue weighted by molar-refractivity contribution is 0.0991. The number of Topliss-reactive ketones (excluding diaryl/α,β-unsaturated/α-hetero) is 1. The van der Waals surface area contributed by atoms with E-state index in [4.69, 9.17) is 0 Å². The average Bonchev–Trinajstić information content (AvgIpc) is 2.70. The van der Waals surface area contributed by atoms with Crippen molar-refractivity contribution >= 4 is 29.2 Å². The summed E-state index contributed by atoms with van der Waals surface area (Å²) in [4.78, 5) is 30.6. The average molecular weight is 368 g/mol. The summed E-state index contributed by atoms with van der Waals surface area (Å²) >= 11 is 1.63. The zero-order valence-electron chi connectivity index (χ0n) is 15.4. The number of benzene rings is 2. The fourth-order valence-electron chi connectivity index (χ4n) is 2.62. The summed E-state index contributed by atoms with van der Waals surface area (Å²) in [6.45, 7) is 2.15. The molecule has 0 N–H and O–H groups in total. The van der Waals surface area contributed by atoms with Crippen LogP contribution in [-0.4, -0.2) is 23.7 Å². The van der Waals surface area contributed by atoms with Gasteiger partial charge in [0.2, 0.25) is 5.78 Å². The first-order valence-electron chi connectivity index (χ1n) is 9.01. The van der Waals surface area contributed by atoms with Crippen LogP contribution in [0.15, 0.2) is 64.5 Å². The van der Waals surface area contributed by atoms with Crippen LogP contribution in [0.5, 0.6) is 0 Å². The van der Waals surface area contributed by atoms with Gasteiger partial charge in [-0.1, -0.05) is 44.4 Å². The molecule has 0 saturated heterocycles.